The number of nitrogens with zero attached hydrogens (tertiary/aromatic N) is 1. The Labute approximate surface area is 73.6 Å². The third-order valence-corrected chi connectivity index (χ3v) is 1.95. The van der Waals surface area contributed by atoms with Gasteiger partial charge in [0.25, 0.3) is 0 Å². The summed E-state index contributed by atoms with van der Waals surface area (Å²) >= 11 is 0. The summed E-state index contributed by atoms with van der Waals surface area (Å²) in [6.45, 7) is 4.19. The molecule has 0 unspecified atom stereocenters. The zero-order chi connectivity index (χ0) is 8.97. The van der Waals surface area contributed by atoms with Gasteiger partial charge in [0.2, 0.25) is 0 Å². The molecule has 0 fully saturated rings. The summed E-state index contributed by atoms with van der Waals surface area (Å²) in [5.41, 5.74) is 2.26. The third-order valence-electron chi connectivity index (χ3n) is 1.95. The molecule has 1 aromatic heterocycles. The molecule has 0 aliphatic heterocycles. The zero-order valence-corrected chi connectivity index (χ0v) is 7.92. The number of aromatic nitrogens is 1. The van der Waals surface area contributed by atoms with E-state index in [1.54, 1.807) is 7.11 Å². The third kappa shape index (κ3) is 1.76. The maximum Gasteiger partial charge on any atom is 0.140 e. The molecular weight excluding hydrogens is 150 g/mol. The molecule has 12 heavy (non-hydrogen) atoms. The molecule has 0 saturated carbocycles. The van der Waals surface area contributed by atoms with Crippen LogP contribution in [0, 0.1) is 0 Å². The van der Waals surface area contributed by atoms with Crippen LogP contribution in [0.2, 0.25) is 0 Å². The number of pyridine rings is 1. The first-order valence-electron chi connectivity index (χ1n) is 4.33. The Bertz CT molecular complexity index is 258. The maximum absolute atomic E-state index is 5.22. The Morgan fingerprint density at radius 2 is 2.08 bits per heavy atom. The number of rotatable bonds is 3. The fourth-order valence-electron chi connectivity index (χ4n) is 1.15. The van der Waals surface area contributed by atoms with Gasteiger partial charge in [-0.15, -0.1) is 0 Å². The Morgan fingerprint density at radius 3 is 2.58 bits per heavy atom. The number of aryl methyl sites for hydroxylation is 2. The van der Waals surface area contributed by atoms with Crippen molar-refractivity contribution in [2.45, 2.75) is 26.7 Å². The smallest absolute Gasteiger partial charge is 0.140 e. The highest BCUT2D eigenvalue weighted by Gasteiger charge is 2.02. The molecule has 1 aromatic rings. The summed E-state index contributed by atoms with van der Waals surface area (Å²) in [6, 6.07) is 2.06. The Kier molecular flexibility index (Phi) is 3.09. The predicted octanol–water partition coefficient (Wildman–Crippen LogP) is 2.21. The summed E-state index contributed by atoms with van der Waals surface area (Å²) in [4.78, 5) is 4.31. The lowest BCUT2D eigenvalue weighted by molar-refractivity contribution is 0.406. The second-order valence-electron chi connectivity index (χ2n) is 2.70. The van der Waals surface area contributed by atoms with Crippen LogP contribution in [0.25, 0.3) is 0 Å². The highest BCUT2D eigenvalue weighted by atomic mass is 16.5. The van der Waals surface area contributed by atoms with Gasteiger partial charge in [-0.05, 0) is 24.5 Å². The van der Waals surface area contributed by atoms with Crippen LogP contribution in [0.15, 0.2) is 12.3 Å². The van der Waals surface area contributed by atoms with Crippen LogP contribution in [0.5, 0.6) is 5.75 Å². The molecular formula is C10H15NO. The van der Waals surface area contributed by atoms with Crippen LogP contribution in [-0.2, 0) is 12.8 Å². The summed E-state index contributed by atoms with van der Waals surface area (Å²) in [6.07, 6.45) is 3.85. The topological polar surface area (TPSA) is 22.1 Å². The van der Waals surface area contributed by atoms with E-state index in [1.165, 1.54) is 5.56 Å². The van der Waals surface area contributed by atoms with Gasteiger partial charge in [0, 0.05) is 6.20 Å². The van der Waals surface area contributed by atoms with E-state index >= 15 is 0 Å². The Balaban J connectivity index is 3.02. The lowest BCUT2D eigenvalue weighted by Crippen LogP contribution is -1.95. The van der Waals surface area contributed by atoms with Gasteiger partial charge >= 0.3 is 0 Å². The SMILES string of the molecule is CCc1cnc(CC)c(OC)c1. The van der Waals surface area contributed by atoms with Crippen molar-refractivity contribution >= 4 is 0 Å². The molecule has 0 N–H and O–H groups in total. The van der Waals surface area contributed by atoms with Gasteiger partial charge in [-0.3, -0.25) is 4.98 Å². The molecule has 0 aromatic carbocycles. The maximum atomic E-state index is 5.22. The quantitative estimate of drug-likeness (QED) is 0.685. The summed E-state index contributed by atoms with van der Waals surface area (Å²) in [5.74, 6) is 0.914. The number of hydrogen-bond donors (Lipinski definition) is 0. The van der Waals surface area contributed by atoms with E-state index in [4.69, 9.17) is 4.74 Å². The fourth-order valence-corrected chi connectivity index (χ4v) is 1.15. The molecule has 2 heteroatoms. The van der Waals surface area contributed by atoms with Crippen LogP contribution in [-0.4, -0.2) is 12.1 Å². The first kappa shape index (κ1) is 9.04. The van der Waals surface area contributed by atoms with E-state index in [1.807, 2.05) is 6.20 Å². The van der Waals surface area contributed by atoms with Crippen molar-refractivity contribution in [2.24, 2.45) is 0 Å². The van der Waals surface area contributed by atoms with E-state index < -0.39 is 0 Å². The molecule has 0 aliphatic rings. The minimum Gasteiger partial charge on any atom is -0.495 e. The molecule has 0 atom stereocenters. The first-order valence-corrected chi connectivity index (χ1v) is 4.33. The average molecular weight is 165 g/mol. The van der Waals surface area contributed by atoms with Crippen LogP contribution < -0.4 is 4.74 Å². The number of ether oxygens (including phenoxy) is 1. The number of methoxy groups -OCH3 is 1. The van der Waals surface area contributed by atoms with Gasteiger partial charge in [-0.1, -0.05) is 13.8 Å². The van der Waals surface area contributed by atoms with Crippen molar-refractivity contribution < 1.29 is 4.74 Å². The molecule has 0 saturated heterocycles. The van der Waals surface area contributed by atoms with Crippen molar-refractivity contribution in [1.82, 2.24) is 4.98 Å². The largest absolute Gasteiger partial charge is 0.495 e. The summed E-state index contributed by atoms with van der Waals surface area (Å²) in [5, 5.41) is 0. The average Bonchev–Trinajstić information content (AvgIpc) is 2.16. The van der Waals surface area contributed by atoms with Gasteiger partial charge in [0.05, 0.1) is 12.8 Å². The summed E-state index contributed by atoms with van der Waals surface area (Å²) in [7, 11) is 1.69. The standard InChI is InChI=1S/C10H15NO/c1-4-8-6-10(12-3)9(5-2)11-7-8/h6-7H,4-5H2,1-3H3. The van der Waals surface area contributed by atoms with E-state index in [-0.39, 0.29) is 0 Å². The number of hydrogen-bond acceptors (Lipinski definition) is 2. The zero-order valence-electron chi connectivity index (χ0n) is 7.92. The lowest BCUT2D eigenvalue weighted by Gasteiger charge is -2.06. The van der Waals surface area contributed by atoms with Gasteiger partial charge in [0.15, 0.2) is 0 Å². The molecule has 1 heterocycles. The van der Waals surface area contributed by atoms with E-state index in [9.17, 15) is 0 Å². The first-order chi connectivity index (χ1) is 5.81. The van der Waals surface area contributed by atoms with Crippen molar-refractivity contribution in [3.8, 4) is 5.75 Å². The highest BCUT2D eigenvalue weighted by molar-refractivity contribution is 5.31. The summed E-state index contributed by atoms with van der Waals surface area (Å²) < 4.78 is 5.22. The lowest BCUT2D eigenvalue weighted by atomic mass is 10.2. The van der Waals surface area contributed by atoms with Crippen LogP contribution >= 0.6 is 0 Å². The van der Waals surface area contributed by atoms with Crippen molar-refractivity contribution in [3.05, 3.63) is 23.5 Å². The molecule has 0 radical (unpaired) electrons. The van der Waals surface area contributed by atoms with Gasteiger partial charge < -0.3 is 4.74 Å². The normalized spacial score (nSPS) is 9.92. The van der Waals surface area contributed by atoms with Crippen molar-refractivity contribution in [2.75, 3.05) is 7.11 Å². The Morgan fingerprint density at radius 1 is 1.33 bits per heavy atom. The predicted molar refractivity (Wildman–Crippen MR) is 49.5 cm³/mol. The molecule has 0 amide bonds. The van der Waals surface area contributed by atoms with Gasteiger partial charge in [-0.25, -0.2) is 0 Å². The van der Waals surface area contributed by atoms with E-state index in [2.05, 4.69) is 24.9 Å². The molecule has 66 valence electrons. The molecule has 0 aliphatic carbocycles. The van der Waals surface area contributed by atoms with Gasteiger partial charge in [-0.2, -0.15) is 0 Å². The van der Waals surface area contributed by atoms with Crippen molar-refractivity contribution in [1.29, 1.82) is 0 Å². The van der Waals surface area contributed by atoms with E-state index in [0.29, 0.717) is 0 Å². The molecule has 0 spiro atoms. The second-order valence-corrected chi connectivity index (χ2v) is 2.70. The molecule has 2 nitrogen and oxygen atoms in total. The van der Waals surface area contributed by atoms with Crippen molar-refractivity contribution in [3.63, 3.8) is 0 Å². The molecule has 1 rings (SSSR count). The minimum atomic E-state index is 0.914. The van der Waals surface area contributed by atoms with Crippen LogP contribution in [0.4, 0.5) is 0 Å². The fraction of sp³-hybridized carbons (Fsp3) is 0.500. The van der Waals surface area contributed by atoms with Crippen LogP contribution in [0.1, 0.15) is 25.1 Å². The van der Waals surface area contributed by atoms with Gasteiger partial charge in [0.1, 0.15) is 5.75 Å². The minimum absolute atomic E-state index is 0.914. The second kappa shape index (κ2) is 4.10. The molecule has 0 bridgehead atoms. The highest BCUT2D eigenvalue weighted by Crippen LogP contribution is 2.17. The van der Waals surface area contributed by atoms with Crippen LogP contribution in [0.3, 0.4) is 0 Å². The Hall–Kier alpha value is -1.05. The van der Waals surface area contributed by atoms with E-state index in [0.717, 1.165) is 24.3 Å². The monoisotopic (exact) mass is 165 g/mol.